The predicted molar refractivity (Wildman–Crippen MR) is 53.9 cm³/mol. The Balaban J connectivity index is 2.17. The van der Waals surface area contributed by atoms with Gasteiger partial charge in [0.2, 0.25) is 10.4 Å². The number of nitrogens with zero attached hydrogens (tertiary/aromatic N) is 2. The van der Waals surface area contributed by atoms with Gasteiger partial charge in [0.05, 0.1) is 6.04 Å². The molecule has 10 nitrogen and oxygen atoms in total. The van der Waals surface area contributed by atoms with E-state index in [1.54, 1.807) is 0 Å². The van der Waals surface area contributed by atoms with Crippen LogP contribution in [0.3, 0.4) is 0 Å². The fourth-order valence-electron chi connectivity index (χ4n) is 2.20. The fourth-order valence-corrected chi connectivity index (χ4v) is 2.58. The Bertz CT molecular complexity index is 478. The molecule has 2 aliphatic rings. The van der Waals surface area contributed by atoms with E-state index < -0.39 is 34.4 Å². The molecule has 2 rings (SSSR count). The van der Waals surface area contributed by atoms with Gasteiger partial charge < -0.3 is 9.45 Å². The summed E-state index contributed by atoms with van der Waals surface area (Å²) in [5.41, 5.74) is 1.93. The van der Waals surface area contributed by atoms with Gasteiger partial charge in [0.1, 0.15) is 6.04 Å². The number of rotatable bonds is 3. The summed E-state index contributed by atoms with van der Waals surface area (Å²) in [6, 6.07) is -2.16. The number of hydroxylamine groups is 2. The van der Waals surface area contributed by atoms with E-state index in [9.17, 15) is 22.6 Å². The normalized spacial score (nSPS) is 27.6. The van der Waals surface area contributed by atoms with Crippen LogP contribution >= 0.6 is 0 Å². The van der Waals surface area contributed by atoms with Crippen molar-refractivity contribution in [2.24, 2.45) is 5.84 Å². The third-order valence-corrected chi connectivity index (χ3v) is 3.28. The standard InChI is InChI=1S/C7H12N4O6S/c8-9-6(12)5-2-1-4-3-10(5)7(13)11(4)17-18(14,15)16/h4-5H,1-3,8H2,(H,9,12)(H,14,15,16)/p-1/t4-,5+/m1/s1. The lowest BCUT2D eigenvalue weighted by molar-refractivity contribution is -0.126. The highest BCUT2D eigenvalue weighted by Crippen LogP contribution is 2.30. The molecule has 2 heterocycles. The van der Waals surface area contributed by atoms with Crippen molar-refractivity contribution in [1.82, 2.24) is 15.4 Å². The molecule has 2 aliphatic heterocycles. The molecule has 0 aromatic heterocycles. The fraction of sp³-hybridized carbons (Fsp3) is 0.714. The van der Waals surface area contributed by atoms with E-state index in [2.05, 4.69) is 4.28 Å². The number of hydrogen-bond donors (Lipinski definition) is 2. The number of carbonyl (C=O) groups excluding carboxylic acids is 2. The molecular weight excluding hydrogens is 268 g/mol. The molecule has 0 aliphatic carbocycles. The third-order valence-electron chi connectivity index (χ3n) is 2.94. The van der Waals surface area contributed by atoms with Crippen LogP contribution in [0.2, 0.25) is 0 Å². The van der Waals surface area contributed by atoms with E-state index in [4.69, 9.17) is 5.84 Å². The summed E-state index contributed by atoms with van der Waals surface area (Å²) in [6.07, 6.45) is 0.661. The van der Waals surface area contributed by atoms with Crippen LogP contribution in [0, 0.1) is 0 Å². The Morgan fingerprint density at radius 2 is 2.17 bits per heavy atom. The van der Waals surface area contributed by atoms with Crippen LogP contribution in [0.4, 0.5) is 4.79 Å². The molecule has 3 N–H and O–H groups in total. The van der Waals surface area contributed by atoms with Crippen LogP contribution in [0.25, 0.3) is 0 Å². The van der Waals surface area contributed by atoms with Crippen LogP contribution in [0.1, 0.15) is 12.8 Å². The molecule has 2 bridgehead atoms. The Kier molecular flexibility index (Phi) is 3.14. The highest BCUT2D eigenvalue weighted by Gasteiger charge is 2.48. The zero-order valence-corrected chi connectivity index (χ0v) is 9.92. The van der Waals surface area contributed by atoms with E-state index in [1.165, 1.54) is 0 Å². The summed E-state index contributed by atoms with van der Waals surface area (Å²) < 4.78 is 35.6. The van der Waals surface area contributed by atoms with Crippen molar-refractivity contribution >= 4 is 22.3 Å². The largest absolute Gasteiger partial charge is 0.724 e. The molecule has 2 fully saturated rings. The van der Waals surface area contributed by atoms with Gasteiger partial charge in [0.15, 0.2) is 0 Å². The summed E-state index contributed by atoms with van der Waals surface area (Å²) >= 11 is 0. The lowest BCUT2D eigenvalue weighted by atomic mass is 10.0. The van der Waals surface area contributed by atoms with E-state index in [1.807, 2.05) is 5.43 Å². The van der Waals surface area contributed by atoms with E-state index in [0.717, 1.165) is 4.90 Å². The highest BCUT2D eigenvalue weighted by atomic mass is 32.3. The molecule has 0 spiro atoms. The van der Waals surface area contributed by atoms with E-state index in [0.29, 0.717) is 17.9 Å². The minimum Gasteiger partial charge on any atom is -0.724 e. The molecule has 0 radical (unpaired) electrons. The first-order valence-electron chi connectivity index (χ1n) is 5.09. The minimum atomic E-state index is -5.02. The van der Waals surface area contributed by atoms with Gasteiger partial charge in [-0.2, -0.15) is 9.35 Å². The van der Waals surface area contributed by atoms with E-state index in [-0.39, 0.29) is 6.54 Å². The van der Waals surface area contributed by atoms with Crippen LogP contribution < -0.4 is 11.3 Å². The van der Waals surface area contributed by atoms with Crippen LogP contribution in [0.5, 0.6) is 0 Å². The smallest absolute Gasteiger partial charge is 0.346 e. The van der Waals surface area contributed by atoms with Gasteiger partial charge in [0.25, 0.3) is 5.91 Å². The number of fused-ring (bicyclic) bond motifs is 2. The first-order valence-corrected chi connectivity index (χ1v) is 6.42. The van der Waals surface area contributed by atoms with Crippen molar-refractivity contribution in [2.75, 3.05) is 6.54 Å². The first kappa shape index (κ1) is 13.0. The average Bonchev–Trinajstić information content (AvgIpc) is 2.52. The third kappa shape index (κ3) is 2.25. The Morgan fingerprint density at radius 1 is 1.50 bits per heavy atom. The minimum absolute atomic E-state index is 0.118. The zero-order chi connectivity index (χ0) is 13.5. The summed E-state index contributed by atoms with van der Waals surface area (Å²) in [6.45, 7) is 0.118. The van der Waals surface area contributed by atoms with Gasteiger partial charge in [-0.1, -0.05) is 0 Å². The lowest BCUT2D eigenvalue weighted by Gasteiger charge is -2.28. The van der Waals surface area contributed by atoms with Gasteiger partial charge >= 0.3 is 6.03 Å². The number of carbonyl (C=O) groups is 2. The zero-order valence-electron chi connectivity index (χ0n) is 9.11. The summed E-state index contributed by atoms with van der Waals surface area (Å²) in [5.74, 6) is 4.44. The SMILES string of the molecule is NNC(=O)[C@@H]1CC[C@@H]2CN1C(=O)N2OS(=O)(=O)[O-]. The van der Waals surface area contributed by atoms with E-state index >= 15 is 0 Å². The predicted octanol–water partition coefficient (Wildman–Crippen LogP) is -2.36. The number of amides is 3. The summed E-state index contributed by atoms with van der Waals surface area (Å²) in [4.78, 5) is 24.3. The summed E-state index contributed by atoms with van der Waals surface area (Å²) in [5, 5.41) is 0.506. The molecule has 0 unspecified atom stereocenters. The van der Waals surface area contributed by atoms with Gasteiger partial charge in [-0.25, -0.2) is 19.1 Å². The van der Waals surface area contributed by atoms with Crippen LogP contribution in [-0.4, -0.2) is 53.5 Å². The molecule has 18 heavy (non-hydrogen) atoms. The molecule has 2 atom stereocenters. The molecular formula is C7H11N4O6S-. The Morgan fingerprint density at radius 3 is 2.72 bits per heavy atom. The van der Waals surface area contributed by atoms with Crippen molar-refractivity contribution in [3.63, 3.8) is 0 Å². The molecule has 102 valence electrons. The number of piperidine rings is 1. The summed E-state index contributed by atoms with van der Waals surface area (Å²) in [7, 11) is -5.02. The molecule has 0 saturated carbocycles. The molecule has 11 heteroatoms. The van der Waals surface area contributed by atoms with Crippen LogP contribution in [0.15, 0.2) is 0 Å². The number of hydrazine groups is 1. The number of urea groups is 1. The maximum Gasteiger partial charge on any atom is 0.346 e. The maximum atomic E-state index is 11.8. The monoisotopic (exact) mass is 279 g/mol. The van der Waals surface area contributed by atoms with Gasteiger partial charge in [0, 0.05) is 6.54 Å². The molecule has 0 aromatic rings. The number of hydrogen-bond acceptors (Lipinski definition) is 7. The number of nitrogens with one attached hydrogen (secondary N) is 1. The first-order chi connectivity index (χ1) is 8.33. The topological polar surface area (TPSA) is 145 Å². The highest BCUT2D eigenvalue weighted by molar-refractivity contribution is 7.80. The van der Waals surface area contributed by atoms with Crippen molar-refractivity contribution in [3.8, 4) is 0 Å². The van der Waals surface area contributed by atoms with Crippen molar-refractivity contribution < 1.29 is 26.8 Å². The molecule has 0 aromatic carbocycles. The second-order valence-corrected chi connectivity index (χ2v) is 4.96. The molecule has 3 amide bonds. The second-order valence-electron chi connectivity index (χ2n) is 4.00. The van der Waals surface area contributed by atoms with Gasteiger partial charge in [-0.05, 0) is 12.8 Å². The van der Waals surface area contributed by atoms with Crippen molar-refractivity contribution in [2.45, 2.75) is 24.9 Å². The maximum absolute atomic E-state index is 11.8. The lowest BCUT2D eigenvalue weighted by Crippen LogP contribution is -2.51. The van der Waals surface area contributed by atoms with Crippen molar-refractivity contribution in [3.05, 3.63) is 0 Å². The van der Waals surface area contributed by atoms with Crippen molar-refractivity contribution in [1.29, 1.82) is 0 Å². The second kappa shape index (κ2) is 4.35. The quantitative estimate of drug-likeness (QED) is 0.193. The van der Waals surface area contributed by atoms with Gasteiger partial charge in [-0.15, -0.1) is 0 Å². The molecule has 2 saturated heterocycles. The Hall–Kier alpha value is -1.43. The number of nitrogens with two attached hydrogens (primary N) is 1. The van der Waals surface area contributed by atoms with Gasteiger partial charge in [-0.3, -0.25) is 10.2 Å². The van der Waals surface area contributed by atoms with Crippen LogP contribution in [-0.2, 0) is 19.5 Å². The average molecular weight is 279 g/mol. The Labute approximate surface area is 103 Å².